The molecule has 2 fully saturated rings. The summed E-state index contributed by atoms with van der Waals surface area (Å²) in [5, 5.41) is 3.51. The lowest BCUT2D eigenvalue weighted by atomic mass is 9.90. The Hall–Kier alpha value is -1.13. The molecule has 1 aromatic carbocycles. The van der Waals surface area contributed by atoms with E-state index in [9.17, 15) is 4.39 Å². The van der Waals surface area contributed by atoms with Crippen LogP contribution in [0.5, 0.6) is 5.75 Å². The van der Waals surface area contributed by atoms with Gasteiger partial charge in [-0.15, -0.1) is 0 Å². The number of nitrogens with zero attached hydrogens (tertiary/aromatic N) is 1. The Balaban J connectivity index is 1.76. The number of hydrogen-bond donors (Lipinski definition) is 1. The van der Waals surface area contributed by atoms with Crippen molar-refractivity contribution in [3.8, 4) is 5.75 Å². The zero-order valence-electron chi connectivity index (χ0n) is 12.3. The molecule has 4 heteroatoms. The molecule has 3 rings (SSSR count). The van der Waals surface area contributed by atoms with Crippen molar-refractivity contribution in [3.63, 3.8) is 0 Å². The van der Waals surface area contributed by atoms with Gasteiger partial charge in [-0.05, 0) is 43.4 Å². The summed E-state index contributed by atoms with van der Waals surface area (Å²) in [6.45, 7) is 6.24. The fraction of sp³-hybridized carbons (Fsp3) is 0.625. The van der Waals surface area contributed by atoms with Gasteiger partial charge < -0.3 is 10.1 Å². The molecule has 0 bridgehead atoms. The number of ether oxygens (including phenoxy) is 1. The van der Waals surface area contributed by atoms with Gasteiger partial charge >= 0.3 is 0 Å². The highest BCUT2D eigenvalue weighted by molar-refractivity contribution is 5.29. The first-order chi connectivity index (χ1) is 9.63. The van der Waals surface area contributed by atoms with E-state index >= 15 is 0 Å². The van der Waals surface area contributed by atoms with Gasteiger partial charge in [-0.3, -0.25) is 4.90 Å². The Bertz CT molecular complexity index is 489. The summed E-state index contributed by atoms with van der Waals surface area (Å²) in [6.07, 6.45) is 2.65. The van der Waals surface area contributed by atoms with Crippen LogP contribution in [0.2, 0.25) is 0 Å². The van der Waals surface area contributed by atoms with Gasteiger partial charge in [0.2, 0.25) is 0 Å². The van der Waals surface area contributed by atoms with Gasteiger partial charge in [0.15, 0.2) is 11.6 Å². The van der Waals surface area contributed by atoms with Crippen LogP contribution in [0.15, 0.2) is 18.2 Å². The van der Waals surface area contributed by atoms with Gasteiger partial charge in [-0.2, -0.15) is 0 Å². The van der Waals surface area contributed by atoms with Gasteiger partial charge in [-0.1, -0.05) is 6.07 Å². The number of rotatable bonds is 4. The van der Waals surface area contributed by atoms with Crippen LogP contribution >= 0.6 is 0 Å². The lowest BCUT2D eigenvalue weighted by Gasteiger charge is -2.46. The highest BCUT2D eigenvalue weighted by atomic mass is 19.1. The number of nitrogens with one attached hydrogen (secondary N) is 1. The van der Waals surface area contributed by atoms with E-state index < -0.39 is 0 Å². The molecule has 0 spiro atoms. The van der Waals surface area contributed by atoms with E-state index in [1.165, 1.54) is 20.0 Å². The molecule has 1 aliphatic carbocycles. The topological polar surface area (TPSA) is 24.5 Å². The molecule has 0 amide bonds. The molecule has 20 heavy (non-hydrogen) atoms. The highest BCUT2D eigenvalue weighted by Crippen LogP contribution is 2.44. The van der Waals surface area contributed by atoms with E-state index in [1.807, 2.05) is 6.07 Å². The first-order valence-electron chi connectivity index (χ1n) is 7.41. The van der Waals surface area contributed by atoms with Crippen LogP contribution in [0.4, 0.5) is 4.39 Å². The van der Waals surface area contributed by atoms with Crippen molar-refractivity contribution in [2.45, 2.75) is 31.8 Å². The summed E-state index contributed by atoms with van der Waals surface area (Å²) in [5.41, 5.74) is 1.24. The first-order valence-corrected chi connectivity index (χ1v) is 7.41. The molecule has 1 aliphatic heterocycles. The molecule has 1 saturated heterocycles. The van der Waals surface area contributed by atoms with Crippen LogP contribution in [0, 0.1) is 11.7 Å². The van der Waals surface area contributed by atoms with Crippen LogP contribution in [0.1, 0.15) is 25.3 Å². The predicted molar refractivity (Wildman–Crippen MR) is 77.4 cm³/mol. The summed E-state index contributed by atoms with van der Waals surface area (Å²) in [7, 11) is 1.50. The van der Waals surface area contributed by atoms with Crippen LogP contribution in [0.3, 0.4) is 0 Å². The maximum absolute atomic E-state index is 13.8. The average molecular weight is 278 g/mol. The largest absolute Gasteiger partial charge is 0.494 e. The number of hydrogen-bond acceptors (Lipinski definition) is 3. The molecule has 1 unspecified atom stereocenters. The van der Waals surface area contributed by atoms with E-state index in [0.29, 0.717) is 5.75 Å². The van der Waals surface area contributed by atoms with Crippen molar-refractivity contribution in [2.24, 2.45) is 5.92 Å². The zero-order valence-corrected chi connectivity index (χ0v) is 12.3. The van der Waals surface area contributed by atoms with E-state index in [-0.39, 0.29) is 11.4 Å². The van der Waals surface area contributed by atoms with Crippen LogP contribution in [-0.4, -0.2) is 37.2 Å². The Morgan fingerprint density at radius 1 is 1.45 bits per heavy atom. The Morgan fingerprint density at radius 2 is 2.25 bits per heavy atom. The third-order valence-electron chi connectivity index (χ3n) is 4.81. The normalized spacial score (nSPS) is 27.6. The summed E-state index contributed by atoms with van der Waals surface area (Å²) in [6, 6.07) is 5.30. The third kappa shape index (κ3) is 2.54. The molecular formula is C16H23FN2O. The zero-order chi connectivity index (χ0) is 14.2. The maximum Gasteiger partial charge on any atom is 0.165 e. The van der Waals surface area contributed by atoms with Crippen molar-refractivity contribution in [1.82, 2.24) is 10.2 Å². The minimum absolute atomic E-state index is 0.217. The number of piperazine rings is 1. The van der Waals surface area contributed by atoms with Crippen molar-refractivity contribution >= 4 is 0 Å². The van der Waals surface area contributed by atoms with Gasteiger partial charge in [0, 0.05) is 31.7 Å². The van der Waals surface area contributed by atoms with Gasteiger partial charge in [-0.25, -0.2) is 4.39 Å². The van der Waals surface area contributed by atoms with Crippen molar-refractivity contribution in [3.05, 3.63) is 29.6 Å². The second-order valence-electron chi connectivity index (χ2n) is 6.20. The Kier molecular flexibility index (Phi) is 3.69. The molecule has 3 nitrogen and oxygen atoms in total. The summed E-state index contributed by atoms with van der Waals surface area (Å²) >= 11 is 0. The standard InChI is InChI=1S/C16H23FN2O/c1-16(13-4-5-13)11-18-7-8-19(16)10-12-3-6-15(20-2)14(17)9-12/h3,6,9,13,18H,4-5,7-8,10-11H2,1-2H3. The summed E-state index contributed by atoms with van der Waals surface area (Å²) in [4.78, 5) is 2.52. The number of benzene rings is 1. The van der Waals surface area contributed by atoms with Crippen molar-refractivity contribution in [1.29, 1.82) is 0 Å². The van der Waals surface area contributed by atoms with Crippen LogP contribution in [-0.2, 0) is 6.54 Å². The van der Waals surface area contributed by atoms with E-state index in [4.69, 9.17) is 4.74 Å². The van der Waals surface area contributed by atoms with Gasteiger partial charge in [0.25, 0.3) is 0 Å². The van der Waals surface area contributed by atoms with E-state index in [1.54, 1.807) is 12.1 Å². The van der Waals surface area contributed by atoms with Crippen LogP contribution in [0.25, 0.3) is 0 Å². The van der Waals surface area contributed by atoms with Crippen molar-refractivity contribution in [2.75, 3.05) is 26.7 Å². The minimum Gasteiger partial charge on any atom is -0.494 e. The minimum atomic E-state index is -0.270. The lowest BCUT2D eigenvalue weighted by Crippen LogP contribution is -2.60. The fourth-order valence-electron chi connectivity index (χ4n) is 3.32. The third-order valence-corrected chi connectivity index (χ3v) is 4.81. The van der Waals surface area contributed by atoms with Crippen molar-refractivity contribution < 1.29 is 9.13 Å². The molecule has 1 saturated carbocycles. The lowest BCUT2D eigenvalue weighted by molar-refractivity contribution is 0.0483. The molecule has 0 aromatic heterocycles. The molecule has 1 aromatic rings. The Labute approximate surface area is 120 Å². The molecule has 110 valence electrons. The second kappa shape index (κ2) is 5.34. The van der Waals surface area contributed by atoms with Gasteiger partial charge in [0.1, 0.15) is 0 Å². The SMILES string of the molecule is COc1ccc(CN2CCNCC2(C)C2CC2)cc1F. The van der Waals surface area contributed by atoms with E-state index in [2.05, 4.69) is 17.1 Å². The summed E-state index contributed by atoms with van der Waals surface area (Å²) < 4.78 is 18.8. The molecule has 0 radical (unpaired) electrons. The van der Waals surface area contributed by atoms with Crippen LogP contribution < -0.4 is 10.1 Å². The van der Waals surface area contributed by atoms with E-state index in [0.717, 1.165) is 37.7 Å². The quantitative estimate of drug-likeness (QED) is 0.915. The predicted octanol–water partition coefficient (Wildman–Crippen LogP) is 2.41. The summed E-state index contributed by atoms with van der Waals surface area (Å²) in [5.74, 6) is 0.839. The first kappa shape index (κ1) is 13.8. The maximum atomic E-state index is 13.8. The molecule has 1 N–H and O–H groups in total. The second-order valence-corrected chi connectivity index (χ2v) is 6.20. The molecular weight excluding hydrogens is 255 g/mol. The molecule has 1 heterocycles. The van der Waals surface area contributed by atoms with Gasteiger partial charge in [0.05, 0.1) is 7.11 Å². The average Bonchev–Trinajstić information content (AvgIpc) is 3.26. The number of halogens is 1. The number of methoxy groups -OCH3 is 1. The smallest absolute Gasteiger partial charge is 0.165 e. The fourth-order valence-corrected chi connectivity index (χ4v) is 3.32. The highest BCUT2D eigenvalue weighted by Gasteiger charge is 2.46. The monoisotopic (exact) mass is 278 g/mol. The molecule has 1 atom stereocenters. The molecule has 2 aliphatic rings. The Morgan fingerprint density at radius 3 is 2.90 bits per heavy atom.